The maximum Gasteiger partial charge on any atom is 0.248 e. The van der Waals surface area contributed by atoms with Crippen molar-refractivity contribution in [1.82, 2.24) is 0 Å². The molecule has 11 heavy (non-hydrogen) atoms. The smallest absolute Gasteiger partial charge is 0.248 e. The van der Waals surface area contributed by atoms with Crippen molar-refractivity contribution in [3.63, 3.8) is 0 Å². The molecular weight excluding hydrogens is 162 g/mol. The maximum atomic E-state index is 10.4. The van der Waals surface area contributed by atoms with Crippen LogP contribution in [0.2, 0.25) is 0 Å². The Morgan fingerprint density at radius 3 is 2.00 bits per heavy atom. The van der Waals surface area contributed by atoms with Crippen molar-refractivity contribution in [2.24, 2.45) is 5.73 Å². The fraction of sp³-hybridized carbons (Fsp3) is 0.125. The molecule has 1 aromatic rings. The summed E-state index contributed by atoms with van der Waals surface area (Å²) < 4.78 is 0. The summed E-state index contributed by atoms with van der Waals surface area (Å²) in [5.41, 5.74) is 5.53. The first-order valence-corrected chi connectivity index (χ1v) is 3.79. The normalized spacial score (nSPS) is 7.82. The van der Waals surface area contributed by atoms with Crippen LogP contribution in [0.15, 0.2) is 30.3 Å². The zero-order valence-electron chi connectivity index (χ0n) is 6.25. The third-order valence-electron chi connectivity index (χ3n) is 1.06. The van der Waals surface area contributed by atoms with Gasteiger partial charge in [0.25, 0.3) is 0 Å². The summed E-state index contributed by atoms with van der Waals surface area (Å²) in [6, 6.07) is 8.76. The topological polar surface area (TPSA) is 43.1 Å². The van der Waals surface area contributed by atoms with Gasteiger partial charge in [-0.2, -0.15) is 0 Å². The number of hydrogen-bond acceptors (Lipinski definition) is 1. The lowest BCUT2D eigenvalue weighted by Gasteiger charge is -1.89. The number of benzene rings is 1. The lowest BCUT2D eigenvalue weighted by atomic mass is 10.2. The van der Waals surface area contributed by atoms with Crippen LogP contribution in [0, 0.1) is 0 Å². The van der Waals surface area contributed by atoms with Crippen LogP contribution in [-0.2, 0) is 0 Å². The number of halogens is 1. The monoisotopic (exact) mass is 171 g/mol. The van der Waals surface area contributed by atoms with Gasteiger partial charge in [-0.1, -0.05) is 18.2 Å². The average Bonchev–Trinajstić information content (AvgIpc) is 2.10. The number of primary amides is 1. The van der Waals surface area contributed by atoms with Gasteiger partial charge >= 0.3 is 0 Å². The number of hydrogen-bond donors (Lipinski definition) is 1. The Bertz CT molecular complexity index is 211. The highest BCUT2D eigenvalue weighted by Crippen LogP contribution is 1.94. The molecule has 0 heterocycles. The standard InChI is InChI=1S/C7H7NO.CH3Cl/c8-7(9)6-4-2-1-3-5-6;1-2/h1-5H,(H2,8,9);1H3. The number of amides is 1. The summed E-state index contributed by atoms with van der Waals surface area (Å²) in [5.74, 6) is -0.379. The van der Waals surface area contributed by atoms with Crippen molar-refractivity contribution in [2.75, 3.05) is 6.38 Å². The molecule has 1 amide bonds. The van der Waals surface area contributed by atoms with Gasteiger partial charge in [-0.25, -0.2) is 0 Å². The van der Waals surface area contributed by atoms with Gasteiger partial charge in [0.05, 0.1) is 0 Å². The van der Waals surface area contributed by atoms with Gasteiger partial charge in [0.2, 0.25) is 5.91 Å². The fourth-order valence-electron chi connectivity index (χ4n) is 0.602. The van der Waals surface area contributed by atoms with E-state index >= 15 is 0 Å². The van der Waals surface area contributed by atoms with Crippen LogP contribution in [0.1, 0.15) is 10.4 Å². The minimum atomic E-state index is -0.379. The highest BCUT2D eigenvalue weighted by molar-refractivity contribution is 6.15. The van der Waals surface area contributed by atoms with E-state index in [1.54, 1.807) is 24.3 Å². The molecule has 0 saturated heterocycles. The van der Waals surface area contributed by atoms with Gasteiger partial charge in [0, 0.05) is 11.9 Å². The molecule has 3 heteroatoms. The van der Waals surface area contributed by atoms with Crippen LogP contribution in [0.4, 0.5) is 0 Å². The van der Waals surface area contributed by atoms with E-state index < -0.39 is 0 Å². The first-order chi connectivity index (χ1) is 5.30. The molecule has 0 aliphatic carbocycles. The lowest BCUT2D eigenvalue weighted by molar-refractivity contribution is 0.100. The lowest BCUT2D eigenvalue weighted by Crippen LogP contribution is -2.09. The summed E-state index contributed by atoms with van der Waals surface area (Å²) >= 11 is 4.64. The van der Waals surface area contributed by atoms with Crippen LogP contribution < -0.4 is 5.73 Å². The second-order valence-corrected chi connectivity index (χ2v) is 1.73. The second kappa shape index (κ2) is 5.74. The van der Waals surface area contributed by atoms with Gasteiger partial charge in [0.1, 0.15) is 0 Å². The van der Waals surface area contributed by atoms with Gasteiger partial charge in [-0.3, -0.25) is 4.79 Å². The van der Waals surface area contributed by atoms with Crippen molar-refractivity contribution < 1.29 is 4.79 Å². The van der Waals surface area contributed by atoms with Gasteiger partial charge < -0.3 is 5.73 Å². The highest BCUT2D eigenvalue weighted by atomic mass is 35.5. The Morgan fingerprint density at radius 1 is 1.27 bits per heavy atom. The predicted octanol–water partition coefficient (Wildman–Crippen LogP) is 1.64. The first kappa shape index (κ1) is 9.98. The summed E-state index contributed by atoms with van der Waals surface area (Å²) in [7, 11) is 0. The molecule has 2 nitrogen and oxygen atoms in total. The van der Waals surface area contributed by atoms with E-state index in [1.807, 2.05) is 6.07 Å². The van der Waals surface area contributed by atoms with E-state index in [9.17, 15) is 4.79 Å². The summed E-state index contributed by atoms with van der Waals surface area (Å²) in [4.78, 5) is 10.4. The zero-order valence-corrected chi connectivity index (χ0v) is 7.01. The van der Waals surface area contributed by atoms with Gasteiger partial charge in [-0.15, -0.1) is 11.6 Å². The van der Waals surface area contributed by atoms with E-state index in [-0.39, 0.29) is 5.91 Å². The van der Waals surface area contributed by atoms with E-state index in [1.165, 1.54) is 6.38 Å². The first-order valence-electron chi connectivity index (χ1n) is 3.03. The molecule has 0 fully saturated rings. The van der Waals surface area contributed by atoms with Crippen molar-refractivity contribution in [1.29, 1.82) is 0 Å². The highest BCUT2D eigenvalue weighted by Gasteiger charge is 1.93. The Kier molecular flexibility index (Phi) is 5.21. The minimum Gasteiger partial charge on any atom is -0.366 e. The third kappa shape index (κ3) is 3.63. The number of rotatable bonds is 1. The van der Waals surface area contributed by atoms with E-state index in [0.29, 0.717) is 5.56 Å². The molecule has 0 aliphatic rings. The number of carbonyl (C=O) groups excluding carboxylic acids is 1. The van der Waals surface area contributed by atoms with Crippen molar-refractivity contribution in [2.45, 2.75) is 0 Å². The molecule has 1 rings (SSSR count). The fourth-order valence-corrected chi connectivity index (χ4v) is 0.602. The third-order valence-corrected chi connectivity index (χ3v) is 1.06. The quantitative estimate of drug-likeness (QED) is 0.642. The van der Waals surface area contributed by atoms with E-state index in [2.05, 4.69) is 11.6 Å². The van der Waals surface area contributed by atoms with Crippen molar-refractivity contribution in [3.8, 4) is 0 Å². The molecule has 1 aromatic carbocycles. The summed E-state index contributed by atoms with van der Waals surface area (Å²) in [6.45, 7) is 0. The van der Waals surface area contributed by atoms with Gasteiger partial charge in [-0.05, 0) is 12.1 Å². The average molecular weight is 172 g/mol. The zero-order chi connectivity index (χ0) is 8.69. The summed E-state index contributed by atoms with van der Waals surface area (Å²) in [6.07, 6.45) is 1.47. The van der Waals surface area contributed by atoms with E-state index in [4.69, 9.17) is 5.73 Å². The molecule has 0 saturated carbocycles. The van der Waals surface area contributed by atoms with Crippen LogP contribution in [-0.4, -0.2) is 12.3 Å². The molecule has 0 atom stereocenters. The predicted molar refractivity (Wildman–Crippen MR) is 46.7 cm³/mol. The second-order valence-electron chi connectivity index (χ2n) is 1.73. The number of nitrogens with two attached hydrogens (primary N) is 1. The number of carbonyl (C=O) groups is 1. The largest absolute Gasteiger partial charge is 0.366 e. The molecule has 0 bridgehead atoms. The Hall–Kier alpha value is -1.02. The Labute approximate surface area is 71.0 Å². The molecular formula is C8H10ClNO. The van der Waals surface area contributed by atoms with Crippen LogP contribution in [0.5, 0.6) is 0 Å². The molecule has 0 aromatic heterocycles. The molecule has 0 spiro atoms. The van der Waals surface area contributed by atoms with Crippen LogP contribution >= 0.6 is 11.6 Å². The maximum absolute atomic E-state index is 10.4. The Morgan fingerprint density at radius 2 is 1.73 bits per heavy atom. The molecule has 0 unspecified atom stereocenters. The SMILES string of the molecule is CCl.NC(=O)c1ccccc1. The van der Waals surface area contributed by atoms with Crippen LogP contribution in [0.3, 0.4) is 0 Å². The summed E-state index contributed by atoms with van der Waals surface area (Å²) in [5, 5.41) is 0. The molecule has 60 valence electrons. The van der Waals surface area contributed by atoms with E-state index in [0.717, 1.165) is 0 Å². The minimum absolute atomic E-state index is 0.379. The van der Waals surface area contributed by atoms with Crippen molar-refractivity contribution in [3.05, 3.63) is 35.9 Å². The van der Waals surface area contributed by atoms with Crippen molar-refractivity contribution >= 4 is 17.5 Å². The Balaban J connectivity index is 0.000000461. The van der Waals surface area contributed by atoms with Gasteiger partial charge in [0.15, 0.2) is 0 Å². The molecule has 0 radical (unpaired) electrons. The molecule has 2 N–H and O–H groups in total. The number of alkyl halides is 1. The van der Waals surface area contributed by atoms with Crippen LogP contribution in [0.25, 0.3) is 0 Å². The molecule has 0 aliphatic heterocycles.